The minimum Gasteiger partial charge on any atom is -0.399 e. The van der Waals surface area contributed by atoms with Gasteiger partial charge in [0, 0.05) is 45.0 Å². The predicted octanol–water partition coefficient (Wildman–Crippen LogP) is 1.56. The number of hydrogen-bond acceptors (Lipinski definition) is 3. The van der Waals surface area contributed by atoms with Crippen molar-refractivity contribution in [2.24, 2.45) is 7.05 Å². The quantitative estimate of drug-likeness (QED) is 0.831. The Kier molecular flexibility index (Phi) is 2.80. The van der Waals surface area contributed by atoms with Crippen molar-refractivity contribution < 1.29 is 0 Å². The van der Waals surface area contributed by atoms with E-state index in [0.29, 0.717) is 0 Å². The van der Waals surface area contributed by atoms with Gasteiger partial charge in [-0.25, -0.2) is 0 Å². The van der Waals surface area contributed by atoms with E-state index in [1.54, 1.807) is 0 Å². The molecular formula is C14H18N4. The molecule has 0 amide bonds. The minimum absolute atomic E-state index is 0.861. The molecular weight excluding hydrogens is 224 g/mol. The SMILES string of the molecule is Cn1ccc(CCN2Cc3ccc(N)cc3C2)n1. The molecule has 94 valence electrons. The fourth-order valence-electron chi connectivity index (χ4n) is 2.51. The molecule has 0 saturated heterocycles. The van der Waals surface area contributed by atoms with Crippen LogP contribution in [0, 0.1) is 0 Å². The number of anilines is 1. The van der Waals surface area contributed by atoms with Gasteiger partial charge in [-0.3, -0.25) is 9.58 Å². The molecule has 1 aliphatic heterocycles. The second-order valence-corrected chi connectivity index (χ2v) is 4.97. The van der Waals surface area contributed by atoms with E-state index in [1.165, 1.54) is 11.1 Å². The van der Waals surface area contributed by atoms with Crippen LogP contribution < -0.4 is 5.73 Å². The summed E-state index contributed by atoms with van der Waals surface area (Å²) in [5.41, 5.74) is 10.6. The van der Waals surface area contributed by atoms with E-state index in [0.717, 1.165) is 37.4 Å². The zero-order chi connectivity index (χ0) is 12.5. The second kappa shape index (κ2) is 4.46. The van der Waals surface area contributed by atoms with Crippen molar-refractivity contribution in [1.82, 2.24) is 14.7 Å². The average molecular weight is 242 g/mol. The lowest BCUT2D eigenvalue weighted by Gasteiger charge is -2.13. The van der Waals surface area contributed by atoms with E-state index in [4.69, 9.17) is 5.73 Å². The van der Waals surface area contributed by atoms with Gasteiger partial charge < -0.3 is 5.73 Å². The number of nitrogens with two attached hydrogens (primary N) is 1. The highest BCUT2D eigenvalue weighted by atomic mass is 15.2. The Morgan fingerprint density at radius 1 is 1.22 bits per heavy atom. The largest absolute Gasteiger partial charge is 0.399 e. The van der Waals surface area contributed by atoms with Crippen LogP contribution in [0.1, 0.15) is 16.8 Å². The standard InChI is InChI=1S/C14H18N4/c1-17-6-4-14(16-17)5-7-18-9-11-2-3-13(15)8-12(11)10-18/h2-4,6,8H,5,7,9-10,15H2,1H3. The van der Waals surface area contributed by atoms with E-state index in [1.807, 2.05) is 24.0 Å². The van der Waals surface area contributed by atoms with Crippen LogP contribution >= 0.6 is 0 Å². The summed E-state index contributed by atoms with van der Waals surface area (Å²) in [7, 11) is 1.96. The highest BCUT2D eigenvalue weighted by Crippen LogP contribution is 2.24. The molecule has 18 heavy (non-hydrogen) atoms. The third-order valence-corrected chi connectivity index (χ3v) is 3.47. The van der Waals surface area contributed by atoms with E-state index in [-0.39, 0.29) is 0 Å². The Bertz CT molecular complexity index is 559. The van der Waals surface area contributed by atoms with Gasteiger partial charge in [0.15, 0.2) is 0 Å². The second-order valence-electron chi connectivity index (χ2n) is 4.97. The first-order chi connectivity index (χ1) is 8.70. The normalized spacial score (nSPS) is 14.9. The van der Waals surface area contributed by atoms with Gasteiger partial charge in [-0.1, -0.05) is 6.07 Å². The summed E-state index contributed by atoms with van der Waals surface area (Å²) >= 11 is 0. The van der Waals surface area contributed by atoms with Gasteiger partial charge in [-0.05, 0) is 29.3 Å². The van der Waals surface area contributed by atoms with Gasteiger partial charge in [0.25, 0.3) is 0 Å². The van der Waals surface area contributed by atoms with Crippen LogP contribution in [0.4, 0.5) is 5.69 Å². The van der Waals surface area contributed by atoms with E-state index < -0.39 is 0 Å². The molecule has 0 atom stereocenters. The van der Waals surface area contributed by atoms with Crippen LogP contribution in [0.25, 0.3) is 0 Å². The highest BCUT2D eigenvalue weighted by molar-refractivity contribution is 5.46. The molecule has 1 aliphatic rings. The van der Waals surface area contributed by atoms with Crippen molar-refractivity contribution in [3.05, 3.63) is 47.3 Å². The first-order valence-corrected chi connectivity index (χ1v) is 6.29. The van der Waals surface area contributed by atoms with Crippen LogP contribution in [0.15, 0.2) is 30.5 Å². The third-order valence-electron chi connectivity index (χ3n) is 3.47. The predicted molar refractivity (Wildman–Crippen MR) is 71.9 cm³/mol. The Balaban J connectivity index is 1.61. The minimum atomic E-state index is 0.861. The zero-order valence-corrected chi connectivity index (χ0v) is 10.6. The smallest absolute Gasteiger partial charge is 0.0637 e. The molecule has 0 saturated carbocycles. The molecule has 0 spiro atoms. The maximum absolute atomic E-state index is 5.81. The molecule has 4 nitrogen and oxygen atoms in total. The zero-order valence-electron chi connectivity index (χ0n) is 10.6. The van der Waals surface area contributed by atoms with Crippen LogP contribution in [0.2, 0.25) is 0 Å². The van der Waals surface area contributed by atoms with Crippen molar-refractivity contribution in [3.63, 3.8) is 0 Å². The monoisotopic (exact) mass is 242 g/mol. The topological polar surface area (TPSA) is 47.1 Å². The summed E-state index contributed by atoms with van der Waals surface area (Å²) < 4.78 is 1.86. The first kappa shape index (κ1) is 11.3. The number of rotatable bonds is 3. The van der Waals surface area contributed by atoms with Gasteiger partial charge in [-0.2, -0.15) is 5.10 Å². The molecule has 1 aromatic carbocycles. The van der Waals surface area contributed by atoms with Crippen LogP contribution in [-0.2, 0) is 26.6 Å². The number of aryl methyl sites for hydroxylation is 1. The van der Waals surface area contributed by atoms with E-state index in [9.17, 15) is 0 Å². The van der Waals surface area contributed by atoms with E-state index >= 15 is 0 Å². The average Bonchev–Trinajstić information content (AvgIpc) is 2.92. The summed E-state index contributed by atoms with van der Waals surface area (Å²) in [5, 5.41) is 4.40. The Morgan fingerprint density at radius 3 is 2.83 bits per heavy atom. The number of aromatic nitrogens is 2. The number of fused-ring (bicyclic) bond motifs is 1. The van der Waals surface area contributed by atoms with E-state index in [2.05, 4.69) is 28.2 Å². The summed E-state index contributed by atoms with van der Waals surface area (Å²) in [6, 6.07) is 8.31. The summed E-state index contributed by atoms with van der Waals surface area (Å²) in [6.45, 7) is 3.08. The Labute approximate surface area is 107 Å². The Hall–Kier alpha value is -1.81. The summed E-state index contributed by atoms with van der Waals surface area (Å²) in [4.78, 5) is 2.44. The number of nitrogen functional groups attached to an aromatic ring is 1. The maximum atomic E-state index is 5.81. The molecule has 2 aromatic rings. The molecule has 3 rings (SSSR count). The molecule has 0 radical (unpaired) electrons. The molecule has 4 heteroatoms. The number of hydrogen-bond donors (Lipinski definition) is 1. The van der Waals surface area contributed by atoms with Crippen molar-refractivity contribution >= 4 is 5.69 Å². The van der Waals surface area contributed by atoms with Crippen LogP contribution in [0.3, 0.4) is 0 Å². The molecule has 2 heterocycles. The molecule has 1 aromatic heterocycles. The summed E-state index contributed by atoms with van der Waals surface area (Å²) in [5.74, 6) is 0. The third kappa shape index (κ3) is 2.24. The van der Waals surface area contributed by atoms with Gasteiger partial charge >= 0.3 is 0 Å². The Morgan fingerprint density at radius 2 is 2.06 bits per heavy atom. The fraction of sp³-hybridized carbons (Fsp3) is 0.357. The van der Waals surface area contributed by atoms with Gasteiger partial charge in [0.2, 0.25) is 0 Å². The molecule has 2 N–H and O–H groups in total. The maximum Gasteiger partial charge on any atom is 0.0637 e. The number of nitrogens with zero attached hydrogens (tertiary/aromatic N) is 3. The fourth-order valence-corrected chi connectivity index (χ4v) is 2.51. The van der Waals surface area contributed by atoms with Crippen molar-refractivity contribution in [3.8, 4) is 0 Å². The molecule has 0 fully saturated rings. The first-order valence-electron chi connectivity index (χ1n) is 6.29. The van der Waals surface area contributed by atoms with Gasteiger partial charge in [-0.15, -0.1) is 0 Å². The van der Waals surface area contributed by atoms with Gasteiger partial charge in [0.1, 0.15) is 0 Å². The lowest BCUT2D eigenvalue weighted by Crippen LogP contribution is -2.19. The van der Waals surface area contributed by atoms with Crippen LogP contribution in [0.5, 0.6) is 0 Å². The lowest BCUT2D eigenvalue weighted by atomic mass is 10.1. The van der Waals surface area contributed by atoms with Crippen LogP contribution in [-0.4, -0.2) is 21.2 Å². The van der Waals surface area contributed by atoms with Gasteiger partial charge in [0.05, 0.1) is 5.69 Å². The number of benzene rings is 1. The van der Waals surface area contributed by atoms with Crippen molar-refractivity contribution in [2.45, 2.75) is 19.5 Å². The molecule has 0 aliphatic carbocycles. The lowest BCUT2D eigenvalue weighted by molar-refractivity contribution is 0.287. The highest BCUT2D eigenvalue weighted by Gasteiger charge is 2.18. The molecule has 0 bridgehead atoms. The molecule has 0 unspecified atom stereocenters. The van der Waals surface area contributed by atoms with Crippen molar-refractivity contribution in [1.29, 1.82) is 0 Å². The van der Waals surface area contributed by atoms with Crippen molar-refractivity contribution in [2.75, 3.05) is 12.3 Å². The summed E-state index contributed by atoms with van der Waals surface area (Å²) in [6.07, 6.45) is 3.00.